The number of Topliss-reactive ketones (excluding diaryl/α,β-unsaturated/α-hetero) is 2. The molecular weight excluding hydrogens is 899 g/mol. The van der Waals surface area contributed by atoms with Gasteiger partial charge in [0.2, 0.25) is 0 Å². The smallest absolute Gasteiger partial charge is 0.168 e. The van der Waals surface area contributed by atoms with Gasteiger partial charge in [-0.3, -0.25) is 14.6 Å². The number of nitrogens with zero attached hydrogens (tertiary/aromatic N) is 1. The van der Waals surface area contributed by atoms with Crippen LogP contribution in [0.3, 0.4) is 0 Å². The molecule has 0 spiro atoms. The Balaban J connectivity index is 0.816. The molecule has 384 valence electrons. The summed E-state index contributed by atoms with van der Waals surface area (Å²) in [5.41, 5.74) is 6.54. The average molecular weight is 976 g/mol. The van der Waals surface area contributed by atoms with Gasteiger partial charge in [-0.05, 0) is 115 Å². The monoisotopic (exact) mass is 976 g/mol. The molecule has 2 aromatic carbocycles. The van der Waals surface area contributed by atoms with Crippen LogP contribution in [0.15, 0.2) is 101 Å². The summed E-state index contributed by atoms with van der Waals surface area (Å²) in [6.45, 7) is 12.1. The summed E-state index contributed by atoms with van der Waals surface area (Å²) in [6.07, 6.45) is 22.6. The predicted molar refractivity (Wildman–Crippen MR) is 275 cm³/mol. The first kappa shape index (κ1) is 52.5. The Morgan fingerprint density at radius 2 is 1.48 bits per heavy atom. The number of methoxy groups -OCH3 is 2. The van der Waals surface area contributed by atoms with Crippen molar-refractivity contribution in [2.45, 2.75) is 90.6 Å². The topological polar surface area (TPSA) is 130 Å². The Hall–Kier alpha value is -4.85. The van der Waals surface area contributed by atoms with E-state index in [0.717, 1.165) is 51.6 Å². The molecule has 0 saturated heterocycles. The zero-order chi connectivity index (χ0) is 49.5. The number of rotatable bonds is 23. The van der Waals surface area contributed by atoms with Crippen LogP contribution in [0.1, 0.15) is 99.5 Å². The fourth-order valence-electron chi connectivity index (χ4n) is 11.4. The minimum absolute atomic E-state index is 0.000337. The predicted octanol–water partition coefficient (Wildman–Crippen LogP) is 10.7. The van der Waals surface area contributed by atoms with Gasteiger partial charge in [-0.2, -0.15) is 0 Å². The minimum Gasteiger partial charge on any atom is -0.493 e. The van der Waals surface area contributed by atoms with Gasteiger partial charge >= 0.3 is 0 Å². The molecule has 2 bridgehead atoms. The molecule has 9 unspecified atom stereocenters. The van der Waals surface area contributed by atoms with Gasteiger partial charge in [0.15, 0.2) is 28.8 Å². The maximum Gasteiger partial charge on any atom is 0.168 e. The lowest BCUT2D eigenvalue weighted by atomic mass is 9.68. The van der Waals surface area contributed by atoms with Crippen LogP contribution in [0.4, 0.5) is 5.69 Å². The molecule has 0 N–H and O–H groups in total. The third-order valence-electron chi connectivity index (χ3n) is 15.2. The first-order chi connectivity index (χ1) is 34.8. The van der Waals surface area contributed by atoms with Crippen LogP contribution < -0.4 is 9.47 Å². The van der Waals surface area contributed by atoms with Crippen LogP contribution in [0.25, 0.3) is 0 Å². The summed E-state index contributed by atoms with van der Waals surface area (Å²) < 4.78 is 52.9. The lowest BCUT2D eigenvalue weighted by molar-refractivity contribution is -0.123. The van der Waals surface area contributed by atoms with E-state index in [-0.39, 0.29) is 53.2 Å². The van der Waals surface area contributed by atoms with E-state index < -0.39 is 0 Å². The van der Waals surface area contributed by atoms with E-state index in [2.05, 4.69) is 68.5 Å². The summed E-state index contributed by atoms with van der Waals surface area (Å²) >= 11 is 0. The Kier molecular flexibility index (Phi) is 19.4. The second-order valence-corrected chi connectivity index (χ2v) is 20.0. The van der Waals surface area contributed by atoms with Gasteiger partial charge in [0, 0.05) is 49.1 Å². The molecule has 0 saturated carbocycles. The number of fused-ring (bicyclic) bond motifs is 8. The van der Waals surface area contributed by atoms with Crippen molar-refractivity contribution in [1.82, 2.24) is 0 Å². The molecule has 1 heterocycles. The van der Waals surface area contributed by atoms with Crippen LogP contribution in [-0.2, 0) is 44.4 Å². The lowest BCUT2D eigenvalue weighted by Crippen LogP contribution is -2.31. The molecule has 1 aliphatic heterocycles. The maximum absolute atomic E-state index is 14.4. The standard InChI is InChI=1S/C59H77NO11/c1-6-19-65-22-23-66-24-25-67-26-27-68-28-29-69-45-15-16-48-44(33-45)30-41-31-50(48)40(3)59(62)52-36-56(64-5)58(37-53(52)60-38-41)71-21-10-20-70-57-34-49-39(2)11-9-13-43-32-42-12-7-8-14-46(42)47(43)17-18-54(61)51(49)35-55(57)63-4/h7-9,12-16,34-41,43,45,47,49-51H,6,10-11,17-33H2,1-5H3. The highest BCUT2D eigenvalue weighted by Crippen LogP contribution is 2.47. The van der Waals surface area contributed by atoms with Crippen molar-refractivity contribution in [3.8, 4) is 11.5 Å². The zero-order valence-electron chi connectivity index (χ0n) is 42.8. The molecule has 12 nitrogen and oxygen atoms in total. The van der Waals surface area contributed by atoms with Gasteiger partial charge in [0.25, 0.3) is 0 Å². The largest absolute Gasteiger partial charge is 0.493 e. The quantitative estimate of drug-likeness (QED) is 0.0779. The minimum atomic E-state index is -0.263. The molecule has 2 aromatic rings. The second kappa shape index (κ2) is 26.2. The molecule has 12 heteroatoms. The number of hydrogen-bond donors (Lipinski definition) is 0. The van der Waals surface area contributed by atoms with Crippen molar-refractivity contribution in [1.29, 1.82) is 0 Å². The summed E-state index contributed by atoms with van der Waals surface area (Å²) in [4.78, 5) is 33.4. The Morgan fingerprint density at radius 1 is 0.732 bits per heavy atom. The summed E-state index contributed by atoms with van der Waals surface area (Å²) in [7, 11) is 3.24. The molecule has 0 radical (unpaired) electrons. The highest BCUT2D eigenvalue weighted by Gasteiger charge is 2.39. The number of carbonyl (C=O) groups excluding carboxylic acids is 2. The van der Waals surface area contributed by atoms with E-state index in [1.807, 2.05) is 25.3 Å². The van der Waals surface area contributed by atoms with Gasteiger partial charge in [-0.1, -0.05) is 74.9 Å². The van der Waals surface area contributed by atoms with Crippen molar-refractivity contribution in [3.05, 3.63) is 112 Å². The van der Waals surface area contributed by atoms with Gasteiger partial charge in [-0.25, -0.2) is 0 Å². The number of allylic oxidation sites excluding steroid dienone is 6. The SMILES string of the molecule is CCCOCCOCCOCCOCCOC1C=CC2=C(CC3C=Nc4cc(OCCCOC5=CC6C(C)CC=CC7Cc8ccccc8C7CCC(=O)C6C=C5OC)c(OC)cc4C(=O)C(C)C2C3)C1. The third kappa shape index (κ3) is 13.4. The van der Waals surface area contributed by atoms with E-state index in [1.54, 1.807) is 20.3 Å². The Bertz CT molecular complexity index is 2310. The molecule has 6 aliphatic rings. The first-order valence-electron chi connectivity index (χ1n) is 26.4. The van der Waals surface area contributed by atoms with E-state index in [1.165, 1.54) is 22.3 Å². The molecule has 8 rings (SSSR count). The van der Waals surface area contributed by atoms with Crippen molar-refractivity contribution < 1.29 is 52.2 Å². The van der Waals surface area contributed by atoms with Crippen LogP contribution in [-0.4, -0.2) is 111 Å². The molecule has 0 aromatic heterocycles. The van der Waals surface area contributed by atoms with Gasteiger partial charge in [0.1, 0.15) is 5.78 Å². The van der Waals surface area contributed by atoms with Crippen molar-refractivity contribution in [2.24, 2.45) is 46.4 Å². The van der Waals surface area contributed by atoms with E-state index >= 15 is 0 Å². The van der Waals surface area contributed by atoms with Gasteiger partial charge < -0.3 is 42.6 Å². The normalized spacial score (nSPS) is 26.9. The van der Waals surface area contributed by atoms with Crippen LogP contribution >= 0.6 is 0 Å². The maximum atomic E-state index is 14.4. The molecule has 5 aliphatic carbocycles. The average Bonchev–Trinajstić information content (AvgIpc) is 3.75. The van der Waals surface area contributed by atoms with Gasteiger partial charge in [-0.15, -0.1) is 0 Å². The number of hydrogen-bond acceptors (Lipinski definition) is 12. The summed E-state index contributed by atoms with van der Waals surface area (Å²) in [6, 6.07) is 12.4. The molecule has 9 atom stereocenters. The Morgan fingerprint density at radius 3 is 2.24 bits per heavy atom. The van der Waals surface area contributed by atoms with Crippen molar-refractivity contribution in [2.75, 3.05) is 86.9 Å². The fraction of sp³-hybridized carbons (Fsp3) is 0.576. The highest BCUT2D eigenvalue weighted by molar-refractivity contribution is 6.04. The zero-order valence-corrected chi connectivity index (χ0v) is 42.8. The number of carbonyl (C=O) groups is 2. The van der Waals surface area contributed by atoms with Gasteiger partial charge in [0.05, 0.1) is 92.1 Å². The Labute approximate surface area is 421 Å². The number of aliphatic imine (C=N–C) groups is 1. The summed E-state index contributed by atoms with van der Waals surface area (Å²) in [5, 5.41) is 0. The van der Waals surface area contributed by atoms with Crippen molar-refractivity contribution in [3.63, 3.8) is 0 Å². The van der Waals surface area contributed by atoms with E-state index in [9.17, 15) is 9.59 Å². The number of ether oxygens (including phenoxy) is 9. The molecule has 0 fully saturated rings. The second-order valence-electron chi connectivity index (χ2n) is 20.0. The van der Waals surface area contributed by atoms with Crippen LogP contribution in [0, 0.1) is 41.4 Å². The fourth-order valence-corrected chi connectivity index (χ4v) is 11.4. The third-order valence-corrected chi connectivity index (χ3v) is 15.2. The lowest BCUT2D eigenvalue weighted by Gasteiger charge is -2.37. The van der Waals surface area contributed by atoms with Crippen LogP contribution in [0.5, 0.6) is 11.5 Å². The molecule has 0 amide bonds. The highest BCUT2D eigenvalue weighted by atomic mass is 16.6. The first-order valence-corrected chi connectivity index (χ1v) is 26.4. The summed E-state index contributed by atoms with van der Waals surface area (Å²) in [5.74, 6) is 3.36. The van der Waals surface area contributed by atoms with Crippen molar-refractivity contribution >= 4 is 23.5 Å². The number of benzene rings is 2. The molecular formula is C59H77NO11. The number of ketones is 2. The van der Waals surface area contributed by atoms with Crippen LogP contribution in [0.2, 0.25) is 0 Å². The molecule has 71 heavy (non-hydrogen) atoms. The van der Waals surface area contributed by atoms with E-state index in [4.69, 9.17) is 47.6 Å². The van der Waals surface area contributed by atoms with E-state index in [0.29, 0.717) is 125 Å².